The van der Waals surface area contributed by atoms with Gasteiger partial charge in [-0.1, -0.05) is 84.3 Å². The third-order valence-corrected chi connectivity index (χ3v) is 8.43. The van der Waals surface area contributed by atoms with E-state index in [0.717, 1.165) is 79.1 Å². The van der Waals surface area contributed by atoms with E-state index in [1.54, 1.807) is 4.57 Å². The number of aromatic amines is 1. The molecule has 0 saturated heterocycles. The first kappa shape index (κ1) is 37.8. The van der Waals surface area contributed by atoms with Gasteiger partial charge in [-0.05, 0) is 91.1 Å². The summed E-state index contributed by atoms with van der Waals surface area (Å²) in [7, 11) is 0. The van der Waals surface area contributed by atoms with Crippen LogP contribution in [0.4, 0.5) is 0 Å². The standard InChI is InChI=1S/C21H29N7O.C16H26ClN/c1-21(2,3)17-11-15-13-28(20(29)27-18(15)26-17)16-7-5-14(6-8-16)12-24-9-4-10-25-19(22)23;1-5-13-10-12(8-6-7-9-18)11-14(15(13)17)16(2,3)4/h5-8,11,13,24H,4,9-10,12H2,1-3H3,(H4,22,23,25)(H,26,27,29);10-11H,5-9,18H2,1-4H3. The third kappa shape index (κ3) is 11.2. The van der Waals surface area contributed by atoms with Crippen LogP contribution in [0.25, 0.3) is 16.7 Å². The summed E-state index contributed by atoms with van der Waals surface area (Å²) in [4.78, 5) is 23.9. The molecule has 2 heterocycles. The molecular weight excluding hydrogens is 608 g/mol. The lowest BCUT2D eigenvalue weighted by Gasteiger charge is -2.23. The Balaban J connectivity index is 0.000000287. The SMILES string of the molecule is CC(C)(C)c1cc2cn(-c3ccc(CNCCCN=C(N)N)cc3)c(=O)nc2[nH]1.CCc1cc(CCCCN)cc(C(C)(C)C)c1Cl. The van der Waals surface area contributed by atoms with E-state index in [4.69, 9.17) is 28.8 Å². The van der Waals surface area contributed by atoms with Crippen molar-refractivity contribution in [2.24, 2.45) is 22.2 Å². The second-order valence-electron chi connectivity index (χ2n) is 14.1. The van der Waals surface area contributed by atoms with E-state index < -0.39 is 0 Å². The summed E-state index contributed by atoms with van der Waals surface area (Å²) >= 11 is 6.51. The Bertz CT molecular complexity index is 1670. The van der Waals surface area contributed by atoms with E-state index in [2.05, 4.69) is 86.9 Å². The maximum Gasteiger partial charge on any atom is 0.354 e. The number of nitrogens with two attached hydrogens (primary N) is 3. The predicted molar refractivity (Wildman–Crippen MR) is 199 cm³/mol. The van der Waals surface area contributed by atoms with Gasteiger partial charge in [0.25, 0.3) is 0 Å². The monoisotopic (exact) mass is 662 g/mol. The lowest BCUT2D eigenvalue weighted by Crippen LogP contribution is -2.23. The molecule has 4 aromatic rings. The number of nitrogens with one attached hydrogen (secondary N) is 2. The summed E-state index contributed by atoms with van der Waals surface area (Å²) in [5.41, 5.74) is 23.5. The highest BCUT2D eigenvalue weighted by atomic mass is 35.5. The molecule has 0 bridgehead atoms. The maximum absolute atomic E-state index is 12.5. The van der Waals surface area contributed by atoms with Gasteiger partial charge in [0.05, 0.1) is 5.69 Å². The van der Waals surface area contributed by atoms with Crippen molar-refractivity contribution in [3.05, 3.63) is 92.1 Å². The van der Waals surface area contributed by atoms with Crippen molar-refractivity contribution in [1.82, 2.24) is 19.9 Å². The normalized spacial score (nSPS) is 11.8. The van der Waals surface area contributed by atoms with Crippen molar-refractivity contribution in [3.63, 3.8) is 0 Å². The molecule has 256 valence electrons. The van der Waals surface area contributed by atoms with Gasteiger partial charge in [-0.3, -0.25) is 9.56 Å². The number of aryl methyl sites for hydroxylation is 2. The van der Waals surface area contributed by atoms with Crippen LogP contribution < -0.4 is 28.2 Å². The van der Waals surface area contributed by atoms with Crippen LogP contribution in [0.15, 0.2) is 58.4 Å². The molecule has 0 spiro atoms. The Kier molecular flexibility index (Phi) is 13.6. The molecule has 0 fully saturated rings. The lowest BCUT2D eigenvalue weighted by molar-refractivity contribution is 0.574. The lowest BCUT2D eigenvalue weighted by atomic mass is 9.84. The van der Waals surface area contributed by atoms with Crippen LogP contribution in [0, 0.1) is 0 Å². The molecule has 0 aliphatic carbocycles. The van der Waals surface area contributed by atoms with Crippen LogP contribution >= 0.6 is 11.6 Å². The number of unbranched alkanes of at least 4 members (excludes halogenated alkanes) is 1. The number of hydrogen-bond donors (Lipinski definition) is 5. The number of aliphatic imine (C=N–C) groups is 1. The fourth-order valence-electron chi connectivity index (χ4n) is 5.17. The van der Waals surface area contributed by atoms with Crippen molar-refractivity contribution >= 4 is 28.6 Å². The van der Waals surface area contributed by atoms with Gasteiger partial charge in [-0.2, -0.15) is 4.98 Å². The Morgan fingerprint density at radius 3 is 2.28 bits per heavy atom. The molecule has 9 nitrogen and oxygen atoms in total. The molecule has 0 aliphatic heterocycles. The number of fused-ring (bicyclic) bond motifs is 1. The molecule has 0 saturated carbocycles. The number of halogens is 1. The van der Waals surface area contributed by atoms with Gasteiger partial charge in [0.1, 0.15) is 5.65 Å². The minimum Gasteiger partial charge on any atom is -0.370 e. The molecular formula is C37H55ClN8O. The smallest absolute Gasteiger partial charge is 0.354 e. The summed E-state index contributed by atoms with van der Waals surface area (Å²) in [6.07, 6.45) is 7.05. The number of H-pyrrole nitrogens is 1. The maximum atomic E-state index is 12.5. The molecule has 0 unspecified atom stereocenters. The Morgan fingerprint density at radius 1 is 0.979 bits per heavy atom. The van der Waals surface area contributed by atoms with Crippen LogP contribution in [-0.2, 0) is 30.2 Å². The number of hydrogen-bond acceptors (Lipinski definition) is 5. The minimum absolute atomic E-state index is 0.0352. The fraction of sp³-hybridized carbons (Fsp3) is 0.486. The first-order chi connectivity index (χ1) is 22.1. The molecule has 0 amide bonds. The van der Waals surface area contributed by atoms with Gasteiger partial charge in [-0.15, -0.1) is 0 Å². The average Bonchev–Trinajstić information content (AvgIpc) is 3.43. The molecule has 0 radical (unpaired) electrons. The summed E-state index contributed by atoms with van der Waals surface area (Å²) in [5.74, 6) is 0.123. The second-order valence-corrected chi connectivity index (χ2v) is 14.5. The van der Waals surface area contributed by atoms with E-state index >= 15 is 0 Å². The molecule has 4 rings (SSSR count). The highest BCUT2D eigenvalue weighted by Crippen LogP contribution is 2.34. The zero-order valence-corrected chi connectivity index (χ0v) is 30.1. The van der Waals surface area contributed by atoms with E-state index in [1.165, 1.54) is 16.7 Å². The Hall–Kier alpha value is -3.66. The quantitative estimate of drug-likeness (QED) is 0.0687. The van der Waals surface area contributed by atoms with Gasteiger partial charge >= 0.3 is 5.69 Å². The van der Waals surface area contributed by atoms with E-state index in [1.807, 2.05) is 30.5 Å². The molecule has 10 heteroatoms. The predicted octanol–water partition coefficient (Wildman–Crippen LogP) is 6.25. The van der Waals surface area contributed by atoms with Crippen LogP contribution in [-0.4, -0.2) is 40.1 Å². The van der Waals surface area contributed by atoms with E-state index in [9.17, 15) is 4.79 Å². The van der Waals surface area contributed by atoms with Gasteiger partial charge in [0, 0.05) is 40.8 Å². The largest absolute Gasteiger partial charge is 0.370 e. The molecule has 0 aliphatic rings. The number of aromatic nitrogens is 3. The van der Waals surface area contributed by atoms with Crippen molar-refractivity contribution in [2.75, 3.05) is 19.6 Å². The van der Waals surface area contributed by atoms with Gasteiger partial charge in [-0.25, -0.2) is 4.79 Å². The number of benzene rings is 2. The zero-order valence-electron chi connectivity index (χ0n) is 29.3. The zero-order chi connectivity index (χ0) is 34.8. The molecule has 47 heavy (non-hydrogen) atoms. The van der Waals surface area contributed by atoms with Crippen molar-refractivity contribution in [1.29, 1.82) is 0 Å². The first-order valence-electron chi connectivity index (χ1n) is 16.6. The van der Waals surface area contributed by atoms with Crippen LogP contribution in [0.5, 0.6) is 0 Å². The second kappa shape index (κ2) is 16.9. The van der Waals surface area contributed by atoms with Crippen molar-refractivity contribution in [2.45, 2.75) is 97.9 Å². The fourth-order valence-corrected chi connectivity index (χ4v) is 5.70. The van der Waals surface area contributed by atoms with Crippen LogP contribution in [0.1, 0.15) is 95.7 Å². The molecule has 2 aromatic carbocycles. The van der Waals surface area contributed by atoms with Crippen molar-refractivity contribution < 1.29 is 0 Å². The van der Waals surface area contributed by atoms with Crippen molar-refractivity contribution in [3.8, 4) is 5.69 Å². The van der Waals surface area contributed by atoms with E-state index in [-0.39, 0.29) is 22.5 Å². The summed E-state index contributed by atoms with van der Waals surface area (Å²) < 4.78 is 1.58. The molecule has 0 atom stereocenters. The molecule has 8 N–H and O–H groups in total. The Labute approximate surface area is 285 Å². The number of nitrogens with zero attached hydrogens (tertiary/aromatic N) is 3. The van der Waals surface area contributed by atoms with E-state index in [0.29, 0.717) is 12.2 Å². The number of rotatable bonds is 12. The van der Waals surface area contributed by atoms with Crippen LogP contribution in [0.3, 0.4) is 0 Å². The van der Waals surface area contributed by atoms with Gasteiger partial charge < -0.3 is 27.5 Å². The molecule has 2 aromatic heterocycles. The summed E-state index contributed by atoms with van der Waals surface area (Å²) in [5, 5.41) is 5.22. The third-order valence-electron chi connectivity index (χ3n) is 7.98. The summed E-state index contributed by atoms with van der Waals surface area (Å²) in [6, 6.07) is 14.5. The topological polar surface area (TPSA) is 153 Å². The number of guanidine groups is 1. The highest BCUT2D eigenvalue weighted by molar-refractivity contribution is 6.32. The van der Waals surface area contributed by atoms with Gasteiger partial charge in [0.2, 0.25) is 0 Å². The first-order valence-corrected chi connectivity index (χ1v) is 17.0. The van der Waals surface area contributed by atoms with Crippen LogP contribution in [0.2, 0.25) is 5.02 Å². The highest BCUT2D eigenvalue weighted by Gasteiger charge is 2.20. The minimum atomic E-state index is -0.301. The average molecular weight is 663 g/mol. The summed E-state index contributed by atoms with van der Waals surface area (Å²) in [6.45, 7) is 18.1. The van der Waals surface area contributed by atoms with Gasteiger partial charge in [0.15, 0.2) is 5.96 Å². The Morgan fingerprint density at radius 2 is 1.68 bits per heavy atom.